The quantitative estimate of drug-likeness (QED) is 0.436. The van der Waals surface area contributed by atoms with E-state index in [0.717, 1.165) is 18.9 Å². The Kier molecular flexibility index (Phi) is 6.10. The monoisotopic (exact) mass is 315 g/mol. The van der Waals surface area contributed by atoms with Gasteiger partial charge in [0.2, 0.25) is 10.0 Å². The van der Waals surface area contributed by atoms with Crippen LogP contribution in [0.2, 0.25) is 0 Å². The van der Waals surface area contributed by atoms with Gasteiger partial charge in [0.05, 0.1) is 9.82 Å². The molecule has 0 bridgehead atoms. The SMILES string of the molecule is CCCCNS(=O)(=O)c1cc([N+](=O)[O-])c(NCC)cc1C. The van der Waals surface area contributed by atoms with Gasteiger partial charge in [-0.1, -0.05) is 13.3 Å². The molecule has 0 atom stereocenters. The first kappa shape index (κ1) is 17.4. The van der Waals surface area contributed by atoms with E-state index in [0.29, 0.717) is 24.3 Å². The molecule has 0 aliphatic heterocycles. The van der Waals surface area contributed by atoms with Crippen LogP contribution in [0.4, 0.5) is 11.4 Å². The van der Waals surface area contributed by atoms with E-state index in [1.165, 1.54) is 6.07 Å². The maximum atomic E-state index is 12.2. The topological polar surface area (TPSA) is 101 Å². The van der Waals surface area contributed by atoms with Gasteiger partial charge in [-0.05, 0) is 31.9 Å². The van der Waals surface area contributed by atoms with Crippen molar-refractivity contribution in [3.8, 4) is 0 Å². The second-order valence-electron chi connectivity index (χ2n) is 4.67. The van der Waals surface area contributed by atoms with E-state index in [2.05, 4.69) is 10.0 Å². The zero-order valence-electron chi connectivity index (χ0n) is 12.5. The highest BCUT2D eigenvalue weighted by atomic mass is 32.2. The number of anilines is 1. The predicted molar refractivity (Wildman–Crippen MR) is 82.1 cm³/mol. The molecule has 0 aliphatic rings. The first-order valence-corrected chi connectivity index (χ1v) is 8.34. The summed E-state index contributed by atoms with van der Waals surface area (Å²) in [6.07, 6.45) is 1.58. The molecule has 118 valence electrons. The summed E-state index contributed by atoms with van der Waals surface area (Å²) >= 11 is 0. The lowest BCUT2D eigenvalue weighted by molar-refractivity contribution is -0.384. The normalized spacial score (nSPS) is 11.4. The number of sulfonamides is 1. The first-order chi connectivity index (χ1) is 9.83. The van der Waals surface area contributed by atoms with Crippen molar-refractivity contribution < 1.29 is 13.3 Å². The number of nitrogens with one attached hydrogen (secondary N) is 2. The van der Waals surface area contributed by atoms with E-state index in [1.807, 2.05) is 13.8 Å². The molecule has 0 spiro atoms. The Morgan fingerprint density at radius 2 is 1.95 bits per heavy atom. The third kappa shape index (κ3) is 4.40. The van der Waals surface area contributed by atoms with Crippen LogP contribution in [0.25, 0.3) is 0 Å². The maximum Gasteiger partial charge on any atom is 0.293 e. The van der Waals surface area contributed by atoms with Gasteiger partial charge >= 0.3 is 0 Å². The first-order valence-electron chi connectivity index (χ1n) is 6.86. The molecule has 0 heterocycles. The molecule has 0 fully saturated rings. The molecule has 0 aromatic heterocycles. The van der Waals surface area contributed by atoms with Crippen LogP contribution in [0, 0.1) is 17.0 Å². The number of nitrogens with zero attached hydrogens (tertiary/aromatic N) is 1. The smallest absolute Gasteiger partial charge is 0.293 e. The van der Waals surface area contributed by atoms with Crippen molar-refractivity contribution in [2.45, 2.75) is 38.5 Å². The van der Waals surface area contributed by atoms with Crippen LogP contribution < -0.4 is 10.0 Å². The van der Waals surface area contributed by atoms with Crippen molar-refractivity contribution in [1.82, 2.24) is 4.72 Å². The predicted octanol–water partition coefficient (Wildman–Crippen LogP) is 2.41. The fraction of sp³-hybridized carbons (Fsp3) is 0.538. The molecule has 0 amide bonds. The van der Waals surface area contributed by atoms with Crippen LogP contribution in [-0.4, -0.2) is 26.4 Å². The Bertz CT molecular complexity index is 614. The molecule has 21 heavy (non-hydrogen) atoms. The number of hydrogen-bond acceptors (Lipinski definition) is 5. The summed E-state index contributed by atoms with van der Waals surface area (Å²) in [5.41, 5.74) is 0.561. The molecule has 1 aromatic rings. The fourth-order valence-electron chi connectivity index (χ4n) is 1.91. The molecule has 1 rings (SSSR count). The average molecular weight is 315 g/mol. The minimum absolute atomic E-state index is 0.0491. The van der Waals surface area contributed by atoms with Gasteiger partial charge in [-0.15, -0.1) is 0 Å². The third-order valence-corrected chi connectivity index (χ3v) is 4.57. The summed E-state index contributed by atoms with van der Waals surface area (Å²) < 4.78 is 26.9. The Morgan fingerprint density at radius 1 is 1.29 bits per heavy atom. The lowest BCUT2D eigenvalue weighted by Crippen LogP contribution is -2.25. The maximum absolute atomic E-state index is 12.2. The third-order valence-electron chi connectivity index (χ3n) is 2.97. The average Bonchev–Trinajstić information content (AvgIpc) is 2.38. The molecule has 2 N–H and O–H groups in total. The van der Waals surface area contributed by atoms with E-state index in [1.54, 1.807) is 6.92 Å². The van der Waals surface area contributed by atoms with E-state index >= 15 is 0 Å². The summed E-state index contributed by atoms with van der Waals surface area (Å²) in [6.45, 7) is 6.23. The van der Waals surface area contributed by atoms with Crippen molar-refractivity contribution >= 4 is 21.4 Å². The van der Waals surface area contributed by atoms with Gasteiger partial charge in [0.25, 0.3) is 5.69 Å². The van der Waals surface area contributed by atoms with Crippen molar-refractivity contribution in [2.24, 2.45) is 0 Å². The number of rotatable bonds is 8. The summed E-state index contributed by atoms with van der Waals surface area (Å²) in [6, 6.07) is 2.61. The largest absolute Gasteiger partial charge is 0.380 e. The van der Waals surface area contributed by atoms with E-state index in [4.69, 9.17) is 0 Å². The van der Waals surface area contributed by atoms with Gasteiger partial charge in [-0.3, -0.25) is 10.1 Å². The molecule has 0 unspecified atom stereocenters. The molecular formula is C13H21N3O4S. The Morgan fingerprint density at radius 3 is 2.48 bits per heavy atom. The van der Waals surface area contributed by atoms with Crippen LogP contribution in [0.5, 0.6) is 0 Å². The minimum Gasteiger partial charge on any atom is -0.380 e. The van der Waals surface area contributed by atoms with Crippen molar-refractivity contribution in [1.29, 1.82) is 0 Å². The van der Waals surface area contributed by atoms with Gasteiger partial charge in [-0.2, -0.15) is 0 Å². The minimum atomic E-state index is -3.73. The summed E-state index contributed by atoms with van der Waals surface area (Å²) in [4.78, 5) is 10.5. The lowest BCUT2D eigenvalue weighted by Gasteiger charge is -2.12. The van der Waals surface area contributed by atoms with Gasteiger partial charge in [0.15, 0.2) is 0 Å². The molecular weight excluding hydrogens is 294 g/mol. The second-order valence-corrected chi connectivity index (χ2v) is 6.41. The summed E-state index contributed by atoms with van der Waals surface area (Å²) in [5, 5.41) is 14.0. The number of benzene rings is 1. The Balaban J connectivity index is 3.24. The highest BCUT2D eigenvalue weighted by Gasteiger charge is 2.23. The molecule has 7 nitrogen and oxygen atoms in total. The van der Waals surface area contributed by atoms with Gasteiger partial charge in [0, 0.05) is 19.2 Å². The van der Waals surface area contributed by atoms with E-state index < -0.39 is 14.9 Å². The molecule has 0 saturated heterocycles. The van der Waals surface area contributed by atoms with Crippen molar-refractivity contribution in [3.05, 3.63) is 27.8 Å². The highest BCUT2D eigenvalue weighted by molar-refractivity contribution is 7.89. The lowest BCUT2D eigenvalue weighted by atomic mass is 10.2. The van der Waals surface area contributed by atoms with Gasteiger partial charge < -0.3 is 5.32 Å². The molecule has 0 radical (unpaired) electrons. The Hall–Kier alpha value is -1.67. The zero-order chi connectivity index (χ0) is 16.0. The standard InChI is InChI=1S/C13H21N3O4S/c1-4-6-7-15-21(19,20)13-9-12(16(17)18)11(14-5-2)8-10(13)3/h8-9,14-15H,4-7H2,1-3H3. The number of unbranched alkanes of at least 4 members (excludes halogenated alkanes) is 1. The highest BCUT2D eigenvalue weighted by Crippen LogP contribution is 2.30. The molecule has 0 saturated carbocycles. The van der Waals surface area contributed by atoms with Crippen molar-refractivity contribution in [2.75, 3.05) is 18.4 Å². The van der Waals surface area contributed by atoms with Crippen molar-refractivity contribution in [3.63, 3.8) is 0 Å². The van der Waals surface area contributed by atoms with Gasteiger partial charge in [-0.25, -0.2) is 13.1 Å². The van der Waals surface area contributed by atoms with Crippen LogP contribution >= 0.6 is 0 Å². The molecule has 8 heteroatoms. The molecule has 0 aliphatic carbocycles. The van der Waals surface area contributed by atoms with Crippen LogP contribution in [0.1, 0.15) is 32.3 Å². The van der Waals surface area contributed by atoms with E-state index in [-0.39, 0.29) is 10.6 Å². The van der Waals surface area contributed by atoms with Crippen LogP contribution in [0.3, 0.4) is 0 Å². The molecule has 1 aromatic carbocycles. The number of aryl methyl sites for hydroxylation is 1. The van der Waals surface area contributed by atoms with E-state index in [9.17, 15) is 18.5 Å². The van der Waals surface area contributed by atoms with Crippen LogP contribution in [0.15, 0.2) is 17.0 Å². The fourth-order valence-corrected chi connectivity index (χ4v) is 3.23. The van der Waals surface area contributed by atoms with Gasteiger partial charge in [0.1, 0.15) is 5.69 Å². The second kappa shape index (κ2) is 7.37. The number of nitro groups is 1. The Labute approximate surface area is 124 Å². The number of nitro benzene ring substituents is 1. The summed E-state index contributed by atoms with van der Waals surface area (Å²) in [5.74, 6) is 0. The summed E-state index contributed by atoms with van der Waals surface area (Å²) in [7, 11) is -3.73. The number of hydrogen-bond donors (Lipinski definition) is 2. The van der Waals surface area contributed by atoms with Crippen LogP contribution in [-0.2, 0) is 10.0 Å². The zero-order valence-corrected chi connectivity index (χ0v) is 13.3.